The number of hydrogen-bond acceptors (Lipinski definition) is 6. The van der Waals surface area contributed by atoms with Crippen molar-refractivity contribution in [2.24, 2.45) is 10.2 Å². The fourth-order valence-corrected chi connectivity index (χ4v) is 2.25. The molecule has 1 heterocycles. The van der Waals surface area contributed by atoms with Crippen molar-refractivity contribution in [3.05, 3.63) is 51.3 Å². The molecule has 2 rings (SSSR count). The molecule has 122 valence electrons. The second kappa shape index (κ2) is 6.87. The maximum absolute atomic E-state index is 12.4. The van der Waals surface area contributed by atoms with Crippen LogP contribution in [0.1, 0.15) is 35.3 Å². The lowest BCUT2D eigenvalue weighted by molar-refractivity contribution is 0.101. The molecule has 7 heteroatoms. The minimum atomic E-state index is -0.530. The van der Waals surface area contributed by atoms with Crippen molar-refractivity contribution >= 4 is 17.2 Å². The van der Waals surface area contributed by atoms with Crippen LogP contribution in [-0.4, -0.2) is 15.5 Å². The average molecular weight is 324 g/mol. The summed E-state index contributed by atoms with van der Waals surface area (Å²) in [6.07, 6.45) is 0. The molecule has 0 atom stereocenters. The lowest BCUT2D eigenvalue weighted by Crippen LogP contribution is -2.20. The van der Waals surface area contributed by atoms with Gasteiger partial charge in [0.05, 0.1) is 5.69 Å². The number of rotatable bonds is 4. The Balaban J connectivity index is 2.58. The average Bonchev–Trinajstić information content (AvgIpc) is 2.55. The van der Waals surface area contributed by atoms with Crippen molar-refractivity contribution in [2.75, 3.05) is 0 Å². The van der Waals surface area contributed by atoms with E-state index in [4.69, 9.17) is 0 Å². The number of nitrogens with zero attached hydrogens (tertiary/aromatic N) is 4. The number of Topliss-reactive ketones (excluding diaryl/α,β-unsaturated/α-hetero) is 1. The predicted molar refractivity (Wildman–Crippen MR) is 88.1 cm³/mol. The normalized spacial score (nSPS) is 10.8. The number of carbonyl (C=O) groups excluding carboxylic acids is 1. The van der Waals surface area contributed by atoms with E-state index in [0.29, 0.717) is 11.3 Å². The molecule has 1 aromatic carbocycles. The first-order valence-electron chi connectivity index (χ1n) is 7.29. The van der Waals surface area contributed by atoms with Crippen molar-refractivity contribution in [3.63, 3.8) is 0 Å². The molecule has 2 aromatic rings. The Morgan fingerprint density at radius 1 is 1.38 bits per heavy atom. The van der Waals surface area contributed by atoms with Crippen LogP contribution in [0.25, 0.3) is 0 Å². The van der Waals surface area contributed by atoms with E-state index in [1.54, 1.807) is 31.2 Å². The molecule has 0 radical (unpaired) electrons. The van der Waals surface area contributed by atoms with E-state index in [1.807, 2.05) is 6.07 Å². The molecule has 0 bridgehead atoms. The number of azo groups is 1. The quantitative estimate of drug-likeness (QED) is 0.687. The fourth-order valence-electron chi connectivity index (χ4n) is 2.25. The first kappa shape index (κ1) is 17.1. The van der Waals surface area contributed by atoms with Gasteiger partial charge in [-0.3, -0.25) is 14.2 Å². The predicted octanol–water partition coefficient (Wildman–Crippen LogP) is 3.37. The van der Waals surface area contributed by atoms with E-state index in [1.165, 1.54) is 13.8 Å². The van der Waals surface area contributed by atoms with Gasteiger partial charge in [0.2, 0.25) is 5.88 Å². The molecule has 24 heavy (non-hydrogen) atoms. The molecular formula is C17H16N4O3. The Hall–Kier alpha value is -3.27. The van der Waals surface area contributed by atoms with E-state index in [-0.39, 0.29) is 35.0 Å². The van der Waals surface area contributed by atoms with Gasteiger partial charge in [0.15, 0.2) is 11.5 Å². The zero-order valence-electron chi connectivity index (χ0n) is 13.6. The zero-order chi connectivity index (χ0) is 17.9. The third-order valence-electron chi connectivity index (χ3n) is 3.60. The molecule has 0 fully saturated rings. The van der Waals surface area contributed by atoms with Crippen molar-refractivity contribution in [1.29, 1.82) is 5.26 Å². The first-order valence-corrected chi connectivity index (χ1v) is 7.29. The van der Waals surface area contributed by atoms with Gasteiger partial charge < -0.3 is 5.11 Å². The summed E-state index contributed by atoms with van der Waals surface area (Å²) in [6.45, 7) is 4.84. The minimum absolute atomic E-state index is 0.0112. The highest BCUT2D eigenvalue weighted by Gasteiger charge is 2.18. The standard InChI is InChI=1S/C17H16N4O3/c1-4-21-16(23)14(9-18)10(2)15(17(21)24)20-19-13-7-5-6-12(8-13)11(3)22/h5-8,23H,4H2,1-3H3. The van der Waals surface area contributed by atoms with Gasteiger partial charge in [0.25, 0.3) is 5.56 Å². The van der Waals surface area contributed by atoms with Crippen LogP contribution >= 0.6 is 0 Å². The number of carbonyl (C=O) groups is 1. The zero-order valence-corrected chi connectivity index (χ0v) is 13.6. The molecule has 0 aliphatic rings. The molecule has 1 aromatic heterocycles. The van der Waals surface area contributed by atoms with Gasteiger partial charge >= 0.3 is 0 Å². The van der Waals surface area contributed by atoms with Crippen LogP contribution in [0.2, 0.25) is 0 Å². The first-order chi connectivity index (χ1) is 11.4. The van der Waals surface area contributed by atoms with Crippen LogP contribution in [0.5, 0.6) is 5.88 Å². The maximum atomic E-state index is 12.4. The molecule has 0 saturated carbocycles. The smallest absolute Gasteiger partial charge is 0.281 e. The number of hydrogen-bond donors (Lipinski definition) is 1. The lowest BCUT2D eigenvalue weighted by Gasteiger charge is -2.10. The lowest BCUT2D eigenvalue weighted by atomic mass is 10.1. The summed E-state index contributed by atoms with van der Waals surface area (Å²) in [5.41, 5.74) is 0.602. The second-order valence-corrected chi connectivity index (χ2v) is 5.14. The number of aromatic nitrogens is 1. The Morgan fingerprint density at radius 3 is 2.67 bits per heavy atom. The number of pyridine rings is 1. The van der Waals surface area contributed by atoms with E-state index in [2.05, 4.69) is 10.2 Å². The molecule has 0 aliphatic heterocycles. The Morgan fingerprint density at radius 2 is 2.08 bits per heavy atom. The molecule has 0 spiro atoms. The summed E-state index contributed by atoms with van der Waals surface area (Å²) in [4.78, 5) is 23.8. The summed E-state index contributed by atoms with van der Waals surface area (Å²) in [5, 5.41) is 27.1. The highest BCUT2D eigenvalue weighted by Crippen LogP contribution is 2.26. The van der Waals surface area contributed by atoms with Gasteiger partial charge in [-0.25, -0.2) is 0 Å². The highest BCUT2D eigenvalue weighted by molar-refractivity contribution is 5.94. The van der Waals surface area contributed by atoms with Crippen molar-refractivity contribution in [3.8, 4) is 11.9 Å². The van der Waals surface area contributed by atoms with Crippen LogP contribution < -0.4 is 5.56 Å². The molecule has 7 nitrogen and oxygen atoms in total. The van der Waals surface area contributed by atoms with Crippen LogP contribution in [-0.2, 0) is 6.54 Å². The summed E-state index contributed by atoms with van der Waals surface area (Å²) in [5.74, 6) is -0.479. The van der Waals surface area contributed by atoms with Gasteiger partial charge in [0, 0.05) is 17.7 Å². The van der Waals surface area contributed by atoms with Crippen molar-refractivity contribution in [1.82, 2.24) is 4.57 Å². The molecule has 0 unspecified atom stereocenters. The second-order valence-electron chi connectivity index (χ2n) is 5.14. The van der Waals surface area contributed by atoms with Gasteiger partial charge in [0.1, 0.15) is 11.6 Å². The Bertz CT molecular complexity index is 936. The van der Waals surface area contributed by atoms with Crippen LogP contribution in [0.4, 0.5) is 11.4 Å². The number of ketones is 1. The van der Waals surface area contributed by atoms with Gasteiger partial charge in [-0.1, -0.05) is 12.1 Å². The number of nitriles is 1. The van der Waals surface area contributed by atoms with Crippen LogP contribution in [0, 0.1) is 18.3 Å². The summed E-state index contributed by atoms with van der Waals surface area (Å²) in [7, 11) is 0. The summed E-state index contributed by atoms with van der Waals surface area (Å²) < 4.78 is 1.06. The third-order valence-corrected chi connectivity index (χ3v) is 3.60. The minimum Gasteiger partial charge on any atom is -0.493 e. The monoisotopic (exact) mass is 324 g/mol. The van der Waals surface area contributed by atoms with Crippen LogP contribution in [0.3, 0.4) is 0 Å². The largest absolute Gasteiger partial charge is 0.493 e. The van der Waals surface area contributed by atoms with Crippen molar-refractivity contribution < 1.29 is 9.90 Å². The maximum Gasteiger partial charge on any atom is 0.281 e. The number of aromatic hydroxyl groups is 1. The molecule has 1 N–H and O–H groups in total. The Labute approximate surface area is 138 Å². The summed E-state index contributed by atoms with van der Waals surface area (Å²) in [6, 6.07) is 8.40. The highest BCUT2D eigenvalue weighted by atomic mass is 16.3. The van der Waals surface area contributed by atoms with Gasteiger partial charge in [-0.05, 0) is 32.9 Å². The van der Waals surface area contributed by atoms with E-state index in [0.717, 1.165) is 4.57 Å². The van der Waals surface area contributed by atoms with E-state index >= 15 is 0 Å². The number of benzene rings is 1. The topological polar surface area (TPSA) is 108 Å². The SMILES string of the molecule is CCn1c(O)c(C#N)c(C)c(N=Nc2cccc(C(C)=O)c2)c1=O. The third kappa shape index (κ3) is 3.08. The molecule has 0 aliphatic carbocycles. The fraction of sp³-hybridized carbons (Fsp3) is 0.235. The van der Waals surface area contributed by atoms with Gasteiger partial charge in [-0.2, -0.15) is 10.4 Å². The molecular weight excluding hydrogens is 308 g/mol. The summed E-state index contributed by atoms with van der Waals surface area (Å²) >= 11 is 0. The van der Waals surface area contributed by atoms with Crippen molar-refractivity contribution in [2.45, 2.75) is 27.3 Å². The van der Waals surface area contributed by atoms with E-state index in [9.17, 15) is 20.0 Å². The Kier molecular flexibility index (Phi) is 4.90. The molecule has 0 saturated heterocycles. The van der Waals surface area contributed by atoms with Gasteiger partial charge in [-0.15, -0.1) is 5.11 Å². The molecule has 0 amide bonds. The van der Waals surface area contributed by atoms with Crippen LogP contribution in [0.15, 0.2) is 39.3 Å². The van der Waals surface area contributed by atoms with E-state index < -0.39 is 5.56 Å².